The summed E-state index contributed by atoms with van der Waals surface area (Å²) >= 11 is 0. The maximum atomic E-state index is 12.5. The van der Waals surface area contributed by atoms with Crippen LogP contribution in [0.3, 0.4) is 0 Å². The third-order valence-corrected chi connectivity index (χ3v) is 5.39. The summed E-state index contributed by atoms with van der Waals surface area (Å²) in [5, 5.41) is 22.1. The molecule has 0 aliphatic heterocycles. The first-order valence-electron chi connectivity index (χ1n) is 8.17. The molecule has 0 aromatic carbocycles. The van der Waals surface area contributed by atoms with Gasteiger partial charge in [0, 0.05) is 5.92 Å². The fourth-order valence-corrected chi connectivity index (χ4v) is 4.25. The Morgan fingerprint density at radius 2 is 1.44 bits per heavy atom. The molecule has 0 saturated heterocycles. The summed E-state index contributed by atoms with van der Waals surface area (Å²) in [5.74, 6) is -10.4. The molecule has 0 unspecified atom stereocenters. The molecule has 2 bridgehead atoms. The Bertz CT molecular complexity index is 696. The molecule has 27 heavy (non-hydrogen) atoms. The highest BCUT2D eigenvalue weighted by Gasteiger charge is 2.68. The zero-order chi connectivity index (χ0) is 20.5. The summed E-state index contributed by atoms with van der Waals surface area (Å²) in [6, 6.07) is 0. The van der Waals surface area contributed by atoms with Crippen LogP contribution in [0.2, 0.25) is 0 Å². The predicted octanol–water partition coefficient (Wildman–Crippen LogP) is -0.506. The number of ether oxygens (including phenoxy) is 4. The van der Waals surface area contributed by atoms with Gasteiger partial charge in [0.15, 0.2) is 0 Å². The van der Waals surface area contributed by atoms with Gasteiger partial charge in [-0.1, -0.05) is 0 Å². The van der Waals surface area contributed by atoms with Crippen LogP contribution in [0.15, 0.2) is 11.3 Å². The second-order valence-electron chi connectivity index (χ2n) is 6.39. The quantitative estimate of drug-likeness (QED) is 0.478. The third-order valence-electron chi connectivity index (χ3n) is 5.39. The van der Waals surface area contributed by atoms with Crippen LogP contribution >= 0.6 is 0 Å². The lowest BCUT2D eigenvalue weighted by molar-refractivity contribution is -0.204. The van der Waals surface area contributed by atoms with E-state index in [1.165, 1.54) is 0 Å². The van der Waals surface area contributed by atoms with Crippen molar-refractivity contribution in [1.29, 1.82) is 0 Å². The number of esters is 4. The minimum absolute atomic E-state index is 0.00258. The second kappa shape index (κ2) is 7.55. The summed E-state index contributed by atoms with van der Waals surface area (Å²) in [4.78, 5) is 49.5. The topological polar surface area (TPSA) is 146 Å². The molecule has 0 aromatic heterocycles. The van der Waals surface area contributed by atoms with Crippen LogP contribution in [0.1, 0.15) is 12.8 Å². The minimum Gasteiger partial charge on any atom is -0.511 e. The van der Waals surface area contributed by atoms with Crippen molar-refractivity contribution >= 4 is 23.9 Å². The molecular weight excluding hydrogens is 364 g/mol. The molecule has 0 amide bonds. The van der Waals surface area contributed by atoms with Gasteiger partial charge >= 0.3 is 23.9 Å². The number of rotatable bonds is 4. The first kappa shape index (κ1) is 20.7. The van der Waals surface area contributed by atoms with E-state index in [1.54, 1.807) is 0 Å². The fraction of sp³-hybridized carbons (Fsp3) is 0.647. The smallest absolute Gasteiger partial charge is 0.337 e. The molecular formula is C17H22O10. The van der Waals surface area contributed by atoms with Gasteiger partial charge in [-0.05, 0) is 12.8 Å². The zero-order valence-corrected chi connectivity index (χ0v) is 15.4. The van der Waals surface area contributed by atoms with Gasteiger partial charge in [0.2, 0.25) is 0 Å². The van der Waals surface area contributed by atoms with Gasteiger partial charge in [-0.25, -0.2) is 4.79 Å². The summed E-state index contributed by atoms with van der Waals surface area (Å²) in [7, 11) is 4.24. The molecule has 2 N–H and O–H groups in total. The average molecular weight is 386 g/mol. The maximum absolute atomic E-state index is 12.5. The third kappa shape index (κ3) is 2.93. The van der Waals surface area contributed by atoms with Crippen molar-refractivity contribution in [2.75, 3.05) is 28.4 Å². The van der Waals surface area contributed by atoms with E-state index >= 15 is 0 Å². The highest BCUT2D eigenvalue weighted by molar-refractivity contribution is 5.95. The van der Waals surface area contributed by atoms with Gasteiger partial charge in [0.25, 0.3) is 0 Å². The van der Waals surface area contributed by atoms with Crippen LogP contribution in [-0.2, 0) is 38.1 Å². The number of fused-ring (bicyclic) bond motifs is 2. The van der Waals surface area contributed by atoms with Crippen LogP contribution in [0.4, 0.5) is 0 Å². The van der Waals surface area contributed by atoms with Gasteiger partial charge in [0.1, 0.15) is 17.3 Å². The molecule has 2 aliphatic rings. The molecule has 0 aromatic rings. The van der Waals surface area contributed by atoms with Crippen molar-refractivity contribution in [2.45, 2.75) is 18.4 Å². The van der Waals surface area contributed by atoms with E-state index in [1.807, 2.05) is 0 Å². The molecule has 5 atom stereocenters. The van der Waals surface area contributed by atoms with Crippen LogP contribution in [0.5, 0.6) is 0 Å². The number of methoxy groups -OCH3 is 4. The Hall–Kier alpha value is -2.62. The van der Waals surface area contributed by atoms with Gasteiger partial charge in [-0.3, -0.25) is 14.4 Å². The molecule has 0 radical (unpaired) electrons. The van der Waals surface area contributed by atoms with Crippen molar-refractivity contribution in [3.63, 3.8) is 0 Å². The average Bonchev–Trinajstić information content (AvgIpc) is 2.65. The molecule has 2 rings (SSSR count). The number of aliphatic hydroxyl groups is 2. The number of hydrogen-bond acceptors (Lipinski definition) is 10. The maximum Gasteiger partial charge on any atom is 0.337 e. The van der Waals surface area contributed by atoms with E-state index in [-0.39, 0.29) is 18.4 Å². The van der Waals surface area contributed by atoms with E-state index in [0.29, 0.717) is 0 Å². The van der Waals surface area contributed by atoms with E-state index in [0.717, 1.165) is 28.4 Å². The number of hydrogen-bond donors (Lipinski definition) is 2. The molecule has 10 heteroatoms. The zero-order valence-electron chi connectivity index (χ0n) is 15.4. The SMILES string of the molecule is COC(=O)C1=C(O)[C@@H](C(=O)OC)[C@]2(O)[C@H](C(=O)OC)CC[C@@H]1[C@@H]2C(=O)OC. The van der Waals surface area contributed by atoms with Crippen molar-refractivity contribution in [2.24, 2.45) is 23.7 Å². The predicted molar refractivity (Wildman–Crippen MR) is 85.9 cm³/mol. The Morgan fingerprint density at radius 3 is 1.93 bits per heavy atom. The Kier molecular flexibility index (Phi) is 5.79. The highest BCUT2D eigenvalue weighted by atomic mass is 16.5. The molecule has 2 aliphatic carbocycles. The molecule has 10 nitrogen and oxygen atoms in total. The minimum atomic E-state index is -2.40. The van der Waals surface area contributed by atoms with E-state index in [2.05, 4.69) is 9.47 Å². The molecule has 150 valence electrons. The van der Waals surface area contributed by atoms with Gasteiger partial charge in [-0.2, -0.15) is 0 Å². The monoisotopic (exact) mass is 386 g/mol. The van der Waals surface area contributed by atoms with E-state index < -0.39 is 58.9 Å². The highest BCUT2D eigenvalue weighted by Crippen LogP contribution is 2.55. The van der Waals surface area contributed by atoms with E-state index in [9.17, 15) is 29.4 Å². The van der Waals surface area contributed by atoms with Crippen LogP contribution in [0, 0.1) is 23.7 Å². The summed E-state index contributed by atoms with van der Waals surface area (Å²) in [6.07, 6.45) is 0.0762. The van der Waals surface area contributed by atoms with Crippen molar-refractivity contribution in [3.05, 3.63) is 11.3 Å². The molecule has 0 heterocycles. The first-order chi connectivity index (χ1) is 12.7. The van der Waals surface area contributed by atoms with Crippen LogP contribution < -0.4 is 0 Å². The lowest BCUT2D eigenvalue weighted by atomic mass is 9.53. The lowest BCUT2D eigenvalue weighted by Crippen LogP contribution is -2.66. The number of aliphatic hydroxyl groups excluding tert-OH is 1. The first-order valence-corrected chi connectivity index (χ1v) is 8.17. The molecule has 1 saturated carbocycles. The Morgan fingerprint density at radius 1 is 0.889 bits per heavy atom. The number of carbonyl (C=O) groups is 4. The normalized spacial score (nSPS) is 32.3. The molecule has 0 spiro atoms. The summed E-state index contributed by atoms with van der Waals surface area (Å²) < 4.78 is 18.8. The Labute approximate surface area is 155 Å². The van der Waals surface area contributed by atoms with Crippen molar-refractivity contribution < 1.29 is 48.3 Å². The fourth-order valence-electron chi connectivity index (χ4n) is 4.25. The Balaban J connectivity index is 2.82. The van der Waals surface area contributed by atoms with E-state index in [4.69, 9.17) is 9.47 Å². The van der Waals surface area contributed by atoms with Crippen molar-refractivity contribution in [1.82, 2.24) is 0 Å². The van der Waals surface area contributed by atoms with Crippen LogP contribution in [0.25, 0.3) is 0 Å². The van der Waals surface area contributed by atoms with Gasteiger partial charge < -0.3 is 29.2 Å². The number of carbonyl (C=O) groups excluding carboxylic acids is 4. The van der Waals surface area contributed by atoms with Crippen molar-refractivity contribution in [3.8, 4) is 0 Å². The standard InChI is InChI=1S/C17H22O10/c1-24-13(19)8-6-5-7-9(14(20)25-2)12(18)11(16(22)27-4)17(8,23)10(7)15(21)26-3/h7-8,10-11,18,23H,5-6H2,1-4H3/t7-,8-,10+,11-,17-/m0/s1. The second-order valence-corrected chi connectivity index (χ2v) is 6.39. The largest absolute Gasteiger partial charge is 0.511 e. The van der Waals surface area contributed by atoms with Gasteiger partial charge in [0.05, 0.1) is 45.8 Å². The van der Waals surface area contributed by atoms with Crippen LogP contribution in [-0.4, -0.2) is 68.1 Å². The molecule has 1 fully saturated rings. The lowest BCUT2D eigenvalue weighted by Gasteiger charge is -2.52. The van der Waals surface area contributed by atoms with Gasteiger partial charge in [-0.15, -0.1) is 0 Å². The summed E-state index contributed by atoms with van der Waals surface area (Å²) in [6.45, 7) is 0. The summed E-state index contributed by atoms with van der Waals surface area (Å²) in [5.41, 5.74) is -2.73.